The zero-order valence-corrected chi connectivity index (χ0v) is 19.0. The molecule has 0 amide bonds. The summed E-state index contributed by atoms with van der Waals surface area (Å²) >= 11 is 1.56. The van der Waals surface area contributed by atoms with E-state index < -0.39 is 11.6 Å². The van der Waals surface area contributed by atoms with Crippen molar-refractivity contribution in [3.05, 3.63) is 51.5 Å². The second-order valence-corrected chi connectivity index (χ2v) is 6.72. The number of benzene rings is 1. The summed E-state index contributed by atoms with van der Waals surface area (Å²) in [7, 11) is 5.21. The Labute approximate surface area is 179 Å². The third-order valence-corrected chi connectivity index (χ3v) is 5.02. The van der Waals surface area contributed by atoms with Gasteiger partial charge in [-0.05, 0) is 25.5 Å². The summed E-state index contributed by atoms with van der Waals surface area (Å²) in [6, 6.07) is 3.89. The number of nitrogens with zero attached hydrogens (tertiary/aromatic N) is 3. The van der Waals surface area contributed by atoms with Gasteiger partial charge in [-0.25, -0.2) is 13.8 Å². The van der Waals surface area contributed by atoms with Crippen molar-refractivity contribution in [2.45, 2.75) is 26.0 Å². The molecule has 0 radical (unpaired) electrons. The van der Waals surface area contributed by atoms with Crippen LogP contribution >= 0.6 is 35.3 Å². The van der Waals surface area contributed by atoms with Gasteiger partial charge in [-0.2, -0.15) is 0 Å². The molecule has 1 atom stereocenters. The molecule has 2 aromatic rings. The standard InChI is InChI=1S/C18H24F2N4OS.HI/c1-12(25-4)17-23-13(11-26-17)10-24(3)18(21-2)22-9-8-14-15(19)6-5-7-16(14)20;/h5-7,11-12H,8-10H2,1-4H3,(H,21,22);1H. The summed E-state index contributed by atoms with van der Waals surface area (Å²) in [6.07, 6.45) is 0.199. The van der Waals surface area contributed by atoms with Gasteiger partial charge >= 0.3 is 0 Å². The van der Waals surface area contributed by atoms with E-state index in [1.54, 1.807) is 25.5 Å². The first-order valence-electron chi connectivity index (χ1n) is 8.28. The Morgan fingerprint density at radius 3 is 2.63 bits per heavy atom. The van der Waals surface area contributed by atoms with E-state index in [4.69, 9.17) is 4.74 Å². The summed E-state index contributed by atoms with van der Waals surface area (Å²) < 4.78 is 32.6. The van der Waals surface area contributed by atoms with Crippen LogP contribution in [0.5, 0.6) is 0 Å². The molecule has 0 aliphatic carbocycles. The van der Waals surface area contributed by atoms with E-state index in [0.29, 0.717) is 19.0 Å². The van der Waals surface area contributed by atoms with Crippen molar-refractivity contribution in [1.82, 2.24) is 15.2 Å². The third-order valence-electron chi connectivity index (χ3n) is 3.96. The van der Waals surface area contributed by atoms with Crippen molar-refractivity contribution < 1.29 is 13.5 Å². The van der Waals surface area contributed by atoms with Crippen molar-refractivity contribution in [3.8, 4) is 0 Å². The first kappa shape index (κ1) is 23.7. The second kappa shape index (κ2) is 11.5. The van der Waals surface area contributed by atoms with Crippen molar-refractivity contribution in [1.29, 1.82) is 0 Å². The van der Waals surface area contributed by atoms with Gasteiger partial charge in [0.15, 0.2) is 5.96 Å². The summed E-state index contributed by atoms with van der Waals surface area (Å²) in [5.41, 5.74) is 0.996. The molecule has 0 aliphatic rings. The highest BCUT2D eigenvalue weighted by Crippen LogP contribution is 2.21. The summed E-state index contributed by atoms with van der Waals surface area (Å²) in [5.74, 6) is -0.425. The average molecular weight is 510 g/mol. The van der Waals surface area contributed by atoms with E-state index in [2.05, 4.69) is 15.3 Å². The highest BCUT2D eigenvalue weighted by atomic mass is 127. The fourth-order valence-electron chi connectivity index (χ4n) is 2.46. The molecule has 0 saturated carbocycles. The van der Waals surface area contributed by atoms with Crippen molar-refractivity contribution in [2.24, 2.45) is 4.99 Å². The lowest BCUT2D eigenvalue weighted by atomic mass is 10.1. The molecule has 2 rings (SSSR count). The minimum atomic E-state index is -0.530. The number of hydrogen-bond donors (Lipinski definition) is 1. The van der Waals surface area contributed by atoms with Crippen LogP contribution in [0, 0.1) is 11.6 Å². The number of aromatic nitrogens is 1. The maximum Gasteiger partial charge on any atom is 0.193 e. The maximum absolute atomic E-state index is 13.7. The van der Waals surface area contributed by atoms with Gasteiger partial charge in [0.1, 0.15) is 22.7 Å². The van der Waals surface area contributed by atoms with Crippen molar-refractivity contribution in [2.75, 3.05) is 27.7 Å². The lowest BCUT2D eigenvalue weighted by molar-refractivity contribution is 0.119. The van der Waals surface area contributed by atoms with E-state index in [1.807, 2.05) is 24.3 Å². The quantitative estimate of drug-likeness (QED) is 0.348. The van der Waals surface area contributed by atoms with Gasteiger partial charge in [0.25, 0.3) is 0 Å². The molecule has 0 bridgehead atoms. The van der Waals surface area contributed by atoms with Crippen LogP contribution in [0.1, 0.15) is 29.3 Å². The number of guanidine groups is 1. The number of ether oxygens (including phenoxy) is 1. The lowest BCUT2D eigenvalue weighted by Crippen LogP contribution is -2.39. The topological polar surface area (TPSA) is 49.8 Å². The summed E-state index contributed by atoms with van der Waals surface area (Å²) in [5, 5.41) is 6.04. The van der Waals surface area contributed by atoms with Crippen LogP contribution in [0.15, 0.2) is 28.6 Å². The van der Waals surface area contributed by atoms with E-state index in [1.165, 1.54) is 18.2 Å². The van der Waals surface area contributed by atoms with E-state index >= 15 is 0 Å². The van der Waals surface area contributed by atoms with Crippen LogP contribution in [0.2, 0.25) is 0 Å². The first-order chi connectivity index (χ1) is 12.5. The second-order valence-electron chi connectivity index (χ2n) is 5.84. The van der Waals surface area contributed by atoms with Crippen LogP contribution in [-0.2, 0) is 17.7 Å². The monoisotopic (exact) mass is 510 g/mol. The molecule has 0 spiro atoms. The highest BCUT2D eigenvalue weighted by molar-refractivity contribution is 14.0. The number of methoxy groups -OCH3 is 1. The fourth-order valence-corrected chi connectivity index (χ4v) is 3.30. The Hall–Kier alpha value is -1.33. The van der Waals surface area contributed by atoms with Gasteiger partial charge in [0, 0.05) is 38.7 Å². The number of thiazole rings is 1. The molecule has 1 N–H and O–H groups in total. The largest absolute Gasteiger partial charge is 0.375 e. The minimum Gasteiger partial charge on any atom is -0.375 e. The predicted molar refractivity (Wildman–Crippen MR) is 116 cm³/mol. The van der Waals surface area contributed by atoms with E-state index in [0.717, 1.165) is 10.7 Å². The molecular weight excluding hydrogens is 485 g/mol. The van der Waals surface area contributed by atoms with Crippen LogP contribution in [0.4, 0.5) is 8.78 Å². The Morgan fingerprint density at radius 2 is 2.04 bits per heavy atom. The molecule has 1 heterocycles. The molecule has 0 aliphatic heterocycles. The molecule has 1 unspecified atom stereocenters. The molecule has 150 valence electrons. The van der Waals surface area contributed by atoms with Crippen LogP contribution < -0.4 is 5.32 Å². The minimum absolute atomic E-state index is 0. The van der Waals surface area contributed by atoms with Gasteiger partial charge < -0.3 is 15.0 Å². The number of halogens is 3. The molecule has 27 heavy (non-hydrogen) atoms. The third kappa shape index (κ3) is 6.65. The molecular formula is C18H25F2IN4OS. The Kier molecular flexibility index (Phi) is 10.1. The molecule has 1 aromatic carbocycles. The molecule has 0 fully saturated rings. The van der Waals surface area contributed by atoms with E-state index in [-0.39, 0.29) is 42.1 Å². The Bertz CT molecular complexity index is 736. The Balaban J connectivity index is 0.00000364. The average Bonchev–Trinajstić information content (AvgIpc) is 3.08. The van der Waals surface area contributed by atoms with Crippen LogP contribution in [0.3, 0.4) is 0 Å². The fraction of sp³-hybridized carbons (Fsp3) is 0.444. The van der Waals surface area contributed by atoms with Crippen LogP contribution in [-0.4, -0.2) is 43.6 Å². The zero-order valence-electron chi connectivity index (χ0n) is 15.8. The molecule has 5 nitrogen and oxygen atoms in total. The number of nitrogens with one attached hydrogen (secondary N) is 1. The highest BCUT2D eigenvalue weighted by Gasteiger charge is 2.13. The smallest absolute Gasteiger partial charge is 0.193 e. The summed E-state index contributed by atoms with van der Waals surface area (Å²) in [6.45, 7) is 2.90. The lowest BCUT2D eigenvalue weighted by Gasteiger charge is -2.21. The van der Waals surface area contributed by atoms with E-state index in [9.17, 15) is 8.78 Å². The maximum atomic E-state index is 13.7. The summed E-state index contributed by atoms with van der Waals surface area (Å²) in [4.78, 5) is 10.7. The number of rotatable bonds is 7. The molecule has 1 aromatic heterocycles. The number of aliphatic imine (C=N–C) groups is 1. The van der Waals surface area contributed by atoms with Crippen molar-refractivity contribution in [3.63, 3.8) is 0 Å². The normalized spacial score (nSPS) is 12.4. The first-order valence-corrected chi connectivity index (χ1v) is 9.16. The molecule has 9 heteroatoms. The van der Waals surface area contributed by atoms with Gasteiger partial charge in [0.2, 0.25) is 0 Å². The van der Waals surface area contributed by atoms with Gasteiger partial charge in [-0.1, -0.05) is 6.07 Å². The Morgan fingerprint density at radius 1 is 1.37 bits per heavy atom. The van der Waals surface area contributed by atoms with Gasteiger partial charge in [0.05, 0.1) is 12.2 Å². The van der Waals surface area contributed by atoms with Gasteiger partial charge in [-0.15, -0.1) is 35.3 Å². The number of hydrogen-bond acceptors (Lipinski definition) is 4. The van der Waals surface area contributed by atoms with Crippen molar-refractivity contribution >= 4 is 41.3 Å². The zero-order chi connectivity index (χ0) is 19.1. The predicted octanol–water partition coefficient (Wildman–Crippen LogP) is 4.00. The molecule has 0 saturated heterocycles. The SMILES string of the molecule is CN=C(NCCc1c(F)cccc1F)N(C)Cc1csc(C(C)OC)n1.I. The van der Waals surface area contributed by atoms with Gasteiger partial charge in [-0.3, -0.25) is 4.99 Å². The van der Waals surface area contributed by atoms with Crippen LogP contribution in [0.25, 0.3) is 0 Å².